The SMILES string of the molecule is CN(C)C(=O)C1CCCN1C(=O)c1ccc(-c2ccccc2)o1. The highest BCUT2D eigenvalue weighted by Gasteiger charge is 2.36. The van der Waals surface area contributed by atoms with Gasteiger partial charge in [-0.25, -0.2) is 0 Å². The molecule has 1 unspecified atom stereocenters. The van der Waals surface area contributed by atoms with Gasteiger partial charge in [0.15, 0.2) is 5.76 Å². The first kappa shape index (κ1) is 15.3. The molecule has 2 amide bonds. The molecular formula is C18H20N2O3. The van der Waals surface area contributed by atoms with E-state index < -0.39 is 0 Å². The monoisotopic (exact) mass is 312 g/mol. The summed E-state index contributed by atoms with van der Waals surface area (Å²) in [4.78, 5) is 28.1. The first-order chi connectivity index (χ1) is 11.1. The molecular weight excluding hydrogens is 292 g/mol. The lowest BCUT2D eigenvalue weighted by molar-refractivity contribution is -0.132. The van der Waals surface area contributed by atoms with Gasteiger partial charge in [0.2, 0.25) is 5.91 Å². The van der Waals surface area contributed by atoms with Crippen molar-refractivity contribution in [3.05, 3.63) is 48.2 Å². The Bertz CT molecular complexity index is 706. The Hall–Kier alpha value is -2.56. The summed E-state index contributed by atoms with van der Waals surface area (Å²) in [6, 6.07) is 12.7. The average molecular weight is 312 g/mol. The molecule has 0 aliphatic carbocycles. The molecule has 2 aromatic rings. The fourth-order valence-electron chi connectivity index (χ4n) is 2.92. The molecule has 0 radical (unpaired) electrons. The maximum Gasteiger partial charge on any atom is 0.290 e. The van der Waals surface area contributed by atoms with Crippen molar-refractivity contribution in [2.24, 2.45) is 0 Å². The minimum Gasteiger partial charge on any atom is -0.451 e. The van der Waals surface area contributed by atoms with Crippen LogP contribution >= 0.6 is 0 Å². The lowest BCUT2D eigenvalue weighted by Gasteiger charge is -2.25. The maximum absolute atomic E-state index is 12.7. The van der Waals surface area contributed by atoms with Crippen molar-refractivity contribution in [3.63, 3.8) is 0 Å². The van der Waals surface area contributed by atoms with Crippen LogP contribution in [-0.2, 0) is 4.79 Å². The number of likely N-dealkylation sites (tertiary alicyclic amines) is 1. The third-order valence-corrected chi connectivity index (χ3v) is 4.11. The van der Waals surface area contributed by atoms with Crippen molar-refractivity contribution in [2.45, 2.75) is 18.9 Å². The molecule has 1 fully saturated rings. The van der Waals surface area contributed by atoms with Crippen LogP contribution in [-0.4, -0.2) is 48.3 Å². The summed E-state index contributed by atoms with van der Waals surface area (Å²) in [7, 11) is 3.42. The molecule has 120 valence electrons. The summed E-state index contributed by atoms with van der Waals surface area (Å²) in [5.41, 5.74) is 0.925. The predicted octanol–water partition coefficient (Wildman–Crippen LogP) is 2.64. The van der Waals surface area contributed by atoms with Gasteiger partial charge < -0.3 is 14.2 Å². The number of nitrogens with zero attached hydrogens (tertiary/aromatic N) is 2. The normalized spacial score (nSPS) is 17.3. The lowest BCUT2D eigenvalue weighted by atomic mass is 10.2. The average Bonchev–Trinajstić information content (AvgIpc) is 3.23. The second kappa shape index (κ2) is 6.28. The van der Waals surface area contributed by atoms with Crippen LogP contribution in [0.25, 0.3) is 11.3 Å². The number of carbonyl (C=O) groups excluding carboxylic acids is 2. The number of furan rings is 1. The number of likely N-dealkylation sites (N-methyl/N-ethyl adjacent to an activating group) is 1. The summed E-state index contributed by atoms with van der Waals surface area (Å²) in [6.07, 6.45) is 1.54. The standard InChI is InChI=1S/C18H20N2O3/c1-19(2)17(21)14-9-6-12-20(14)18(22)16-11-10-15(23-16)13-7-4-3-5-8-13/h3-5,7-8,10-11,14H,6,9,12H2,1-2H3. The molecule has 0 saturated carbocycles. The first-order valence-corrected chi connectivity index (χ1v) is 7.75. The summed E-state index contributed by atoms with van der Waals surface area (Å²) in [5, 5.41) is 0. The Morgan fingerprint density at radius 2 is 1.87 bits per heavy atom. The van der Waals surface area contributed by atoms with E-state index in [-0.39, 0.29) is 23.6 Å². The summed E-state index contributed by atoms with van der Waals surface area (Å²) < 4.78 is 5.72. The van der Waals surface area contributed by atoms with Crippen LogP contribution in [0.15, 0.2) is 46.9 Å². The highest BCUT2D eigenvalue weighted by atomic mass is 16.4. The van der Waals surface area contributed by atoms with E-state index in [4.69, 9.17) is 4.42 Å². The molecule has 0 N–H and O–H groups in total. The lowest BCUT2D eigenvalue weighted by Crippen LogP contribution is -2.45. The third-order valence-electron chi connectivity index (χ3n) is 4.11. The summed E-state index contributed by atoms with van der Waals surface area (Å²) in [5.74, 6) is 0.682. The molecule has 1 aliphatic rings. The fourth-order valence-corrected chi connectivity index (χ4v) is 2.92. The van der Waals surface area contributed by atoms with E-state index in [1.54, 1.807) is 31.1 Å². The molecule has 5 nitrogen and oxygen atoms in total. The van der Waals surface area contributed by atoms with Gasteiger partial charge in [-0.3, -0.25) is 9.59 Å². The predicted molar refractivity (Wildman–Crippen MR) is 86.9 cm³/mol. The van der Waals surface area contributed by atoms with E-state index in [0.29, 0.717) is 18.7 Å². The molecule has 1 aromatic carbocycles. The van der Waals surface area contributed by atoms with Gasteiger partial charge in [0.05, 0.1) is 0 Å². The Morgan fingerprint density at radius 3 is 2.57 bits per heavy atom. The Morgan fingerprint density at radius 1 is 1.13 bits per heavy atom. The number of carbonyl (C=O) groups is 2. The number of benzene rings is 1. The van der Waals surface area contributed by atoms with Gasteiger partial charge in [-0.1, -0.05) is 30.3 Å². The third kappa shape index (κ3) is 2.99. The van der Waals surface area contributed by atoms with Crippen LogP contribution in [0, 0.1) is 0 Å². The molecule has 1 aromatic heterocycles. The molecule has 0 bridgehead atoms. The zero-order valence-corrected chi connectivity index (χ0v) is 13.4. The van der Waals surface area contributed by atoms with E-state index in [1.165, 1.54) is 4.90 Å². The Labute approximate surface area is 135 Å². The van der Waals surface area contributed by atoms with Crippen molar-refractivity contribution in [1.29, 1.82) is 0 Å². The Balaban J connectivity index is 1.81. The van der Waals surface area contributed by atoms with Crippen molar-refractivity contribution >= 4 is 11.8 Å². The highest BCUT2D eigenvalue weighted by Crippen LogP contribution is 2.26. The van der Waals surface area contributed by atoms with E-state index >= 15 is 0 Å². The van der Waals surface area contributed by atoms with Gasteiger partial charge in [-0.2, -0.15) is 0 Å². The molecule has 1 aliphatic heterocycles. The van der Waals surface area contributed by atoms with Crippen LogP contribution in [0.2, 0.25) is 0 Å². The highest BCUT2D eigenvalue weighted by molar-refractivity contribution is 5.96. The van der Waals surface area contributed by atoms with Gasteiger partial charge in [-0.05, 0) is 25.0 Å². The Kier molecular flexibility index (Phi) is 4.19. The quantitative estimate of drug-likeness (QED) is 0.875. The topological polar surface area (TPSA) is 53.8 Å². The van der Waals surface area contributed by atoms with Gasteiger partial charge in [0.25, 0.3) is 5.91 Å². The largest absolute Gasteiger partial charge is 0.451 e. The molecule has 23 heavy (non-hydrogen) atoms. The van der Waals surface area contributed by atoms with E-state index in [0.717, 1.165) is 12.0 Å². The molecule has 3 rings (SSSR count). The van der Waals surface area contributed by atoms with Gasteiger partial charge in [0.1, 0.15) is 11.8 Å². The molecule has 1 saturated heterocycles. The van der Waals surface area contributed by atoms with Crippen LogP contribution in [0.4, 0.5) is 0 Å². The van der Waals surface area contributed by atoms with E-state index in [1.807, 2.05) is 30.3 Å². The zero-order valence-electron chi connectivity index (χ0n) is 13.4. The van der Waals surface area contributed by atoms with Crippen molar-refractivity contribution in [1.82, 2.24) is 9.80 Å². The van der Waals surface area contributed by atoms with Crippen LogP contribution in [0.1, 0.15) is 23.4 Å². The maximum atomic E-state index is 12.7. The molecule has 5 heteroatoms. The van der Waals surface area contributed by atoms with Gasteiger partial charge in [-0.15, -0.1) is 0 Å². The smallest absolute Gasteiger partial charge is 0.290 e. The van der Waals surface area contributed by atoms with Crippen molar-refractivity contribution < 1.29 is 14.0 Å². The van der Waals surface area contributed by atoms with Crippen LogP contribution in [0.5, 0.6) is 0 Å². The van der Waals surface area contributed by atoms with Crippen LogP contribution in [0.3, 0.4) is 0 Å². The zero-order chi connectivity index (χ0) is 16.4. The second-order valence-corrected chi connectivity index (χ2v) is 5.92. The molecule has 2 heterocycles. The number of amides is 2. The summed E-state index contributed by atoms with van der Waals surface area (Å²) >= 11 is 0. The van der Waals surface area contributed by atoms with E-state index in [9.17, 15) is 9.59 Å². The molecule has 0 spiro atoms. The van der Waals surface area contributed by atoms with Gasteiger partial charge >= 0.3 is 0 Å². The van der Waals surface area contributed by atoms with Gasteiger partial charge in [0, 0.05) is 26.2 Å². The second-order valence-electron chi connectivity index (χ2n) is 5.92. The fraction of sp³-hybridized carbons (Fsp3) is 0.333. The van der Waals surface area contributed by atoms with E-state index in [2.05, 4.69) is 0 Å². The minimum atomic E-state index is -0.386. The van der Waals surface area contributed by atoms with Crippen molar-refractivity contribution in [2.75, 3.05) is 20.6 Å². The summed E-state index contributed by atoms with van der Waals surface area (Å²) in [6.45, 7) is 0.588. The number of hydrogen-bond acceptors (Lipinski definition) is 3. The molecule has 1 atom stereocenters. The number of rotatable bonds is 3. The minimum absolute atomic E-state index is 0.0364. The van der Waals surface area contributed by atoms with Crippen molar-refractivity contribution in [3.8, 4) is 11.3 Å². The first-order valence-electron chi connectivity index (χ1n) is 7.75. The number of hydrogen-bond donors (Lipinski definition) is 0. The van der Waals surface area contributed by atoms with Crippen LogP contribution < -0.4 is 0 Å².